The minimum Gasteiger partial charge on any atom is -0.497 e. The number of ether oxygens (including phenoxy) is 1. The van der Waals surface area contributed by atoms with Crippen LogP contribution in [0.1, 0.15) is 83.1 Å². The second-order valence-electron chi connectivity index (χ2n) is 15.5. The van der Waals surface area contributed by atoms with Crippen LogP contribution in [0.2, 0.25) is 36.3 Å². The van der Waals surface area contributed by atoms with E-state index in [1.807, 2.05) is 24.3 Å². The van der Waals surface area contributed by atoms with E-state index in [4.69, 9.17) is 13.6 Å². The lowest BCUT2D eigenvalue weighted by Gasteiger charge is -2.41. The molecule has 42 heavy (non-hydrogen) atoms. The summed E-state index contributed by atoms with van der Waals surface area (Å²) in [5.41, 5.74) is 0.951. The second-order valence-corrected chi connectivity index (χ2v) is 23.2. The lowest BCUT2D eigenvalue weighted by Crippen LogP contribution is -2.53. The van der Waals surface area contributed by atoms with E-state index in [0.29, 0.717) is 42.1 Å². The fourth-order valence-electron chi connectivity index (χ4n) is 7.17. The predicted octanol–water partition coefficient (Wildman–Crippen LogP) is 9.90. The Morgan fingerprint density at radius 1 is 0.643 bits per heavy atom. The van der Waals surface area contributed by atoms with E-state index in [2.05, 4.69) is 88.4 Å². The molecule has 2 atom stereocenters. The zero-order valence-electron chi connectivity index (χ0n) is 29.6. The summed E-state index contributed by atoms with van der Waals surface area (Å²) < 4.78 is 19.8. The van der Waals surface area contributed by atoms with E-state index in [9.17, 15) is 4.79 Å². The fourth-order valence-corrected chi connectivity index (χ4v) is 19.1. The molecule has 1 N–H and O–H groups in total. The quantitative estimate of drug-likeness (QED) is 0.103. The van der Waals surface area contributed by atoms with Gasteiger partial charge in [0.05, 0.1) is 19.8 Å². The highest BCUT2D eigenvalue weighted by atomic mass is 28.4. The maximum Gasteiger partial charge on any atom is 0.194 e. The van der Waals surface area contributed by atoms with Crippen LogP contribution in [-0.4, -0.2) is 48.8 Å². The van der Waals surface area contributed by atoms with Crippen molar-refractivity contribution >= 4 is 28.6 Å². The van der Waals surface area contributed by atoms with E-state index in [1.54, 1.807) is 7.11 Å². The first-order chi connectivity index (χ1) is 19.5. The lowest BCUT2D eigenvalue weighted by molar-refractivity contribution is -0.115. The van der Waals surface area contributed by atoms with Gasteiger partial charge >= 0.3 is 0 Å². The Labute approximate surface area is 262 Å². The number of benzene rings is 1. The molecule has 0 saturated heterocycles. The van der Waals surface area contributed by atoms with Crippen molar-refractivity contribution in [2.45, 2.75) is 131 Å². The van der Waals surface area contributed by atoms with Crippen molar-refractivity contribution in [2.24, 2.45) is 35.5 Å². The van der Waals surface area contributed by atoms with Gasteiger partial charge in [0.25, 0.3) is 0 Å². The number of nitrogens with one attached hydrogen (secondary N) is 1. The molecule has 0 fully saturated rings. The molecule has 0 amide bonds. The monoisotopic (exact) mass is 621 g/mol. The highest BCUT2D eigenvalue weighted by molar-refractivity contribution is 6.74. The topological polar surface area (TPSA) is 56.8 Å². The Kier molecular flexibility index (Phi) is 17.2. The molecule has 5 nitrogen and oxygen atoms in total. The maximum atomic E-state index is 13.0. The number of rotatable bonds is 22. The zero-order valence-corrected chi connectivity index (χ0v) is 31.6. The van der Waals surface area contributed by atoms with Crippen LogP contribution >= 0.6 is 0 Å². The Bertz CT molecular complexity index is 817. The van der Waals surface area contributed by atoms with Crippen molar-refractivity contribution in [2.75, 3.05) is 19.0 Å². The molecule has 0 saturated carbocycles. The van der Waals surface area contributed by atoms with Crippen LogP contribution in [-0.2, 0) is 13.6 Å². The molecule has 0 aliphatic carbocycles. The largest absolute Gasteiger partial charge is 0.497 e. The van der Waals surface area contributed by atoms with Gasteiger partial charge < -0.3 is 23.7 Å². The van der Waals surface area contributed by atoms with Gasteiger partial charge in [-0.1, -0.05) is 83.1 Å². The lowest BCUT2D eigenvalue weighted by atomic mass is 10.1. The summed E-state index contributed by atoms with van der Waals surface area (Å²) in [6.07, 6.45) is 0.489. The van der Waals surface area contributed by atoms with E-state index in [1.165, 1.54) is 0 Å². The average Bonchev–Trinajstić information content (AvgIpc) is 2.83. The fraction of sp³-hybridized carbons (Fsp3) is 0.800. The minimum absolute atomic E-state index is 0.271. The summed E-state index contributed by atoms with van der Waals surface area (Å²) in [6, 6.07) is 14.3. The summed E-state index contributed by atoms with van der Waals surface area (Å²) >= 11 is 0. The summed E-state index contributed by atoms with van der Waals surface area (Å²) in [7, 11) is -2.67. The highest BCUT2D eigenvalue weighted by Crippen LogP contribution is 2.36. The summed E-state index contributed by atoms with van der Waals surface area (Å²) in [5, 5.41) is 3.70. The molecule has 1 aromatic carbocycles. The van der Waals surface area contributed by atoms with Crippen LogP contribution in [0.4, 0.5) is 5.69 Å². The van der Waals surface area contributed by atoms with Gasteiger partial charge in [0, 0.05) is 5.69 Å². The SMILES string of the molecule is COc1ccc(N[C@H](CO[Si](CC(C)C)(CC(C)C)CC(C)C)[C@@H](C=O)O[Si](CC(C)C)(CC(C)C)CC(C)C)cc1. The molecule has 0 spiro atoms. The second kappa shape index (κ2) is 18.6. The molecule has 244 valence electrons. The van der Waals surface area contributed by atoms with Crippen LogP contribution in [0.5, 0.6) is 5.75 Å². The summed E-state index contributed by atoms with van der Waals surface area (Å²) in [4.78, 5) is 13.0. The molecule has 1 rings (SSSR count). The van der Waals surface area contributed by atoms with Crippen LogP contribution in [0.15, 0.2) is 24.3 Å². The van der Waals surface area contributed by atoms with Crippen molar-refractivity contribution in [3.8, 4) is 5.75 Å². The Morgan fingerprint density at radius 2 is 1.02 bits per heavy atom. The van der Waals surface area contributed by atoms with Gasteiger partial charge in [0.1, 0.15) is 18.1 Å². The molecule has 0 aromatic heterocycles. The van der Waals surface area contributed by atoms with Crippen molar-refractivity contribution in [1.82, 2.24) is 0 Å². The van der Waals surface area contributed by atoms with Crippen molar-refractivity contribution in [3.05, 3.63) is 24.3 Å². The average molecular weight is 622 g/mol. The molecule has 0 aliphatic heterocycles. The first kappa shape index (κ1) is 38.9. The van der Waals surface area contributed by atoms with Crippen LogP contribution in [0.3, 0.4) is 0 Å². The molecule has 0 unspecified atom stereocenters. The normalized spacial score (nSPS) is 14.5. The smallest absolute Gasteiger partial charge is 0.194 e. The zero-order chi connectivity index (χ0) is 32.1. The predicted molar refractivity (Wildman–Crippen MR) is 187 cm³/mol. The van der Waals surface area contributed by atoms with Gasteiger partial charge in [-0.05, 0) is 96.0 Å². The first-order valence-electron chi connectivity index (χ1n) is 16.7. The van der Waals surface area contributed by atoms with Crippen molar-refractivity contribution < 1.29 is 18.4 Å². The number of hydrogen-bond acceptors (Lipinski definition) is 5. The molecule has 0 heterocycles. The molecule has 1 aromatic rings. The first-order valence-corrected chi connectivity index (χ1v) is 21.8. The maximum absolute atomic E-state index is 13.0. The number of methoxy groups -OCH3 is 1. The van der Waals surface area contributed by atoms with Gasteiger partial charge in [-0.3, -0.25) is 0 Å². The number of anilines is 1. The number of carbonyl (C=O) groups excluding carboxylic acids is 1. The third-order valence-corrected chi connectivity index (χ3v) is 18.5. The molecule has 0 bridgehead atoms. The highest BCUT2D eigenvalue weighted by Gasteiger charge is 2.43. The minimum atomic E-state index is -2.25. The van der Waals surface area contributed by atoms with E-state index < -0.39 is 22.7 Å². The van der Waals surface area contributed by atoms with E-state index in [-0.39, 0.29) is 6.04 Å². The molecular formula is C35H67NO4Si2. The van der Waals surface area contributed by atoms with Gasteiger partial charge in [-0.25, -0.2) is 0 Å². The Balaban J connectivity index is 3.57. The van der Waals surface area contributed by atoms with Crippen molar-refractivity contribution in [3.63, 3.8) is 0 Å². The molecular weight excluding hydrogens is 555 g/mol. The summed E-state index contributed by atoms with van der Waals surface area (Å²) in [6.45, 7) is 28.2. The van der Waals surface area contributed by atoms with Gasteiger partial charge in [0.15, 0.2) is 16.6 Å². The molecule has 7 heteroatoms. The molecule has 0 radical (unpaired) electrons. The Hall–Kier alpha value is -1.16. The third kappa shape index (κ3) is 14.5. The number of carbonyl (C=O) groups is 1. The number of aldehydes is 1. The molecule has 0 aliphatic rings. The van der Waals surface area contributed by atoms with Crippen LogP contribution in [0.25, 0.3) is 0 Å². The Morgan fingerprint density at radius 3 is 1.36 bits per heavy atom. The third-order valence-electron chi connectivity index (χ3n) is 7.61. The van der Waals surface area contributed by atoms with Crippen LogP contribution < -0.4 is 10.1 Å². The summed E-state index contributed by atoms with van der Waals surface area (Å²) in [5.74, 6) is 4.10. The number of hydrogen-bond donors (Lipinski definition) is 1. The van der Waals surface area contributed by atoms with Gasteiger partial charge in [0.2, 0.25) is 0 Å². The van der Waals surface area contributed by atoms with Crippen molar-refractivity contribution in [1.29, 1.82) is 0 Å². The standard InChI is InChI=1S/C35H67NO4Si2/c1-26(2)20-41(21-27(3)4,22-28(5)6)39-19-34(36-32-14-16-33(38-13)17-15-32)35(18-37)40-42(23-29(7)8,24-30(9)10)25-31(11)12/h14-18,26-31,34-36H,19-25H2,1-13H3/t34-,35-/m1/s1. The van der Waals surface area contributed by atoms with Gasteiger partial charge in [-0.2, -0.15) is 0 Å². The van der Waals surface area contributed by atoms with E-state index >= 15 is 0 Å². The van der Waals surface area contributed by atoms with Crippen LogP contribution in [0, 0.1) is 35.5 Å². The van der Waals surface area contributed by atoms with Gasteiger partial charge in [-0.15, -0.1) is 0 Å². The van der Waals surface area contributed by atoms with E-state index in [0.717, 1.165) is 54.0 Å².